The van der Waals surface area contributed by atoms with Crippen molar-refractivity contribution in [1.29, 1.82) is 0 Å². The van der Waals surface area contributed by atoms with Crippen LogP contribution in [0.2, 0.25) is 0 Å². The van der Waals surface area contributed by atoms with Crippen molar-refractivity contribution in [2.45, 2.75) is 89.6 Å². The third-order valence-electron chi connectivity index (χ3n) is 9.13. The first-order chi connectivity index (χ1) is 12.3. The molecule has 0 aromatic heterocycles. The minimum Gasteiger partial charge on any atom is -0.469 e. The van der Waals surface area contributed by atoms with Crippen LogP contribution in [0.1, 0.15) is 66.2 Å². The van der Waals surface area contributed by atoms with Gasteiger partial charge in [-0.2, -0.15) is 0 Å². The number of hydrogen-bond donors (Lipinski definition) is 0. The summed E-state index contributed by atoms with van der Waals surface area (Å²) in [5.74, 6) is 1.11. The third kappa shape index (κ3) is 1.72. The Bertz CT molecular complexity index is 648. The number of carbonyl (C=O) groups is 1. The predicted octanol–water partition coefficient (Wildman–Crippen LogP) is 3.65. The lowest BCUT2D eigenvalue weighted by Crippen LogP contribution is -2.71. The Labute approximate surface area is 156 Å². The van der Waals surface area contributed by atoms with Gasteiger partial charge in [-0.05, 0) is 56.3 Å². The van der Waals surface area contributed by atoms with Crippen molar-refractivity contribution in [2.75, 3.05) is 7.11 Å². The van der Waals surface area contributed by atoms with Gasteiger partial charge in [-0.25, -0.2) is 9.78 Å². The fraction of sp³-hybridized carbons (Fsp3) is 0.952. The van der Waals surface area contributed by atoms with Gasteiger partial charge in [-0.1, -0.05) is 27.2 Å². The average molecular weight is 364 g/mol. The fourth-order valence-corrected chi connectivity index (χ4v) is 7.85. The van der Waals surface area contributed by atoms with Crippen LogP contribution >= 0.6 is 0 Å². The Balaban J connectivity index is 1.54. The van der Waals surface area contributed by atoms with E-state index in [0.717, 1.165) is 38.5 Å². The molecule has 5 heteroatoms. The van der Waals surface area contributed by atoms with Crippen molar-refractivity contribution in [2.24, 2.45) is 28.6 Å². The first kappa shape index (κ1) is 17.4. The van der Waals surface area contributed by atoms with Crippen LogP contribution < -0.4 is 0 Å². The van der Waals surface area contributed by atoms with E-state index in [0.29, 0.717) is 17.8 Å². The minimum atomic E-state index is -0.388. The molecular weight excluding hydrogens is 332 g/mol. The zero-order valence-corrected chi connectivity index (χ0v) is 16.7. The molecule has 5 nitrogen and oxygen atoms in total. The van der Waals surface area contributed by atoms with Gasteiger partial charge in [0.05, 0.1) is 12.5 Å². The molecule has 0 radical (unpaired) electrons. The van der Waals surface area contributed by atoms with E-state index in [4.69, 9.17) is 19.2 Å². The minimum absolute atomic E-state index is 0.0151. The van der Waals surface area contributed by atoms with Gasteiger partial charge in [0, 0.05) is 5.92 Å². The standard InChI is InChI=1S/C21H32O5/c1-12(2)21-15-11-14-18(3)8-6-9-19(4,17(22)23-5)13(18)7-10-20(14,26-25-15)16(21)24-21/h12-16H,6-11H2,1-5H3/t13-,14-,15-,16+,18-,19-,20-,21+/m1/s1. The predicted molar refractivity (Wildman–Crippen MR) is 94.0 cm³/mol. The second-order valence-electron chi connectivity index (χ2n) is 10.3. The highest BCUT2D eigenvalue weighted by Gasteiger charge is 2.83. The SMILES string of the molecule is COC(=O)[C@]1(C)CCC[C@@]2(C)[C@H]3C[C@H]4OO[C@@]3(CC[C@H]21)[C@@H]1O[C@@]41C(C)C. The largest absolute Gasteiger partial charge is 0.469 e. The second kappa shape index (κ2) is 5.03. The van der Waals surface area contributed by atoms with Crippen LogP contribution in [0.5, 0.6) is 0 Å². The van der Waals surface area contributed by atoms with Crippen molar-refractivity contribution in [1.82, 2.24) is 0 Å². The fourth-order valence-electron chi connectivity index (χ4n) is 7.85. The lowest BCUT2D eigenvalue weighted by atomic mass is 9.42. The summed E-state index contributed by atoms with van der Waals surface area (Å²) >= 11 is 0. The summed E-state index contributed by atoms with van der Waals surface area (Å²) in [6.07, 6.45) is 6.18. The first-order valence-electron chi connectivity index (χ1n) is 10.4. The third-order valence-corrected chi connectivity index (χ3v) is 9.13. The number of fused-ring (bicyclic) bond motifs is 2. The van der Waals surface area contributed by atoms with Crippen LogP contribution in [0.4, 0.5) is 0 Å². The van der Waals surface area contributed by atoms with E-state index < -0.39 is 0 Å². The van der Waals surface area contributed by atoms with E-state index in [-0.39, 0.29) is 40.2 Å². The van der Waals surface area contributed by atoms with Gasteiger partial charge in [-0.15, -0.1) is 0 Å². The van der Waals surface area contributed by atoms with E-state index in [1.165, 1.54) is 7.11 Å². The molecule has 3 heterocycles. The molecule has 146 valence electrons. The molecule has 0 N–H and O–H groups in total. The summed E-state index contributed by atoms with van der Waals surface area (Å²) in [7, 11) is 1.53. The van der Waals surface area contributed by atoms with Gasteiger partial charge < -0.3 is 9.47 Å². The second-order valence-corrected chi connectivity index (χ2v) is 10.3. The Kier molecular flexibility index (Phi) is 3.38. The lowest BCUT2D eigenvalue weighted by molar-refractivity contribution is -0.466. The van der Waals surface area contributed by atoms with Crippen LogP contribution in [-0.2, 0) is 24.0 Å². The maximum atomic E-state index is 12.7. The lowest BCUT2D eigenvalue weighted by Gasteiger charge is -2.65. The number of esters is 1. The molecule has 0 aromatic carbocycles. The molecular formula is C21H32O5. The quantitative estimate of drug-likeness (QED) is 0.425. The number of hydrogen-bond acceptors (Lipinski definition) is 5. The molecule has 0 amide bonds. The summed E-state index contributed by atoms with van der Waals surface area (Å²) in [5.41, 5.74) is -0.812. The van der Waals surface area contributed by atoms with E-state index in [1.54, 1.807) is 0 Å². The molecule has 0 unspecified atom stereocenters. The van der Waals surface area contributed by atoms with Gasteiger partial charge in [0.2, 0.25) is 0 Å². The summed E-state index contributed by atoms with van der Waals surface area (Å²) in [5, 5.41) is 0. The molecule has 3 saturated heterocycles. The number of rotatable bonds is 2. The Morgan fingerprint density at radius 2 is 1.92 bits per heavy atom. The van der Waals surface area contributed by atoms with E-state index in [1.807, 2.05) is 0 Å². The van der Waals surface area contributed by atoms with Gasteiger partial charge in [0.25, 0.3) is 0 Å². The number of carbonyl (C=O) groups excluding carboxylic acids is 1. The molecule has 6 aliphatic rings. The van der Waals surface area contributed by atoms with Crippen LogP contribution in [0.15, 0.2) is 0 Å². The maximum Gasteiger partial charge on any atom is 0.311 e. The van der Waals surface area contributed by atoms with Crippen LogP contribution in [0.3, 0.4) is 0 Å². The van der Waals surface area contributed by atoms with E-state index >= 15 is 0 Å². The van der Waals surface area contributed by atoms with Crippen molar-refractivity contribution in [3.05, 3.63) is 0 Å². The van der Waals surface area contributed by atoms with Gasteiger partial charge in [-0.3, -0.25) is 4.79 Å². The van der Waals surface area contributed by atoms with Gasteiger partial charge in [0.1, 0.15) is 23.4 Å². The highest BCUT2D eigenvalue weighted by molar-refractivity contribution is 5.77. The zero-order valence-electron chi connectivity index (χ0n) is 16.7. The van der Waals surface area contributed by atoms with Crippen molar-refractivity contribution >= 4 is 5.97 Å². The van der Waals surface area contributed by atoms with Crippen molar-refractivity contribution in [3.8, 4) is 0 Å². The molecule has 8 atom stereocenters. The maximum absolute atomic E-state index is 12.7. The van der Waals surface area contributed by atoms with Gasteiger partial charge >= 0.3 is 5.97 Å². The van der Waals surface area contributed by atoms with E-state index in [9.17, 15) is 4.79 Å². The molecule has 3 aliphatic carbocycles. The molecule has 6 rings (SSSR count). The monoisotopic (exact) mass is 364 g/mol. The van der Waals surface area contributed by atoms with Crippen molar-refractivity contribution < 1.29 is 24.0 Å². The summed E-state index contributed by atoms with van der Waals surface area (Å²) in [6, 6.07) is 0. The summed E-state index contributed by atoms with van der Waals surface area (Å²) in [6.45, 7) is 8.99. The zero-order chi connectivity index (χ0) is 18.5. The molecule has 6 fully saturated rings. The van der Waals surface area contributed by atoms with E-state index in [2.05, 4.69) is 27.7 Å². The molecule has 0 aromatic rings. The average Bonchev–Trinajstić information content (AvgIpc) is 3.40. The topological polar surface area (TPSA) is 57.3 Å². The summed E-state index contributed by atoms with van der Waals surface area (Å²) < 4.78 is 11.6. The number of epoxide rings is 1. The molecule has 3 saturated carbocycles. The summed E-state index contributed by atoms with van der Waals surface area (Å²) in [4.78, 5) is 24.7. The molecule has 2 bridgehead atoms. The van der Waals surface area contributed by atoms with Crippen LogP contribution in [-0.4, -0.2) is 36.5 Å². The Morgan fingerprint density at radius 3 is 2.62 bits per heavy atom. The number of ether oxygens (including phenoxy) is 2. The Morgan fingerprint density at radius 1 is 1.15 bits per heavy atom. The molecule has 26 heavy (non-hydrogen) atoms. The highest BCUT2D eigenvalue weighted by Crippen LogP contribution is 2.73. The van der Waals surface area contributed by atoms with Crippen molar-refractivity contribution in [3.63, 3.8) is 0 Å². The molecule has 1 spiro atoms. The van der Waals surface area contributed by atoms with Crippen LogP contribution in [0, 0.1) is 28.6 Å². The highest BCUT2D eigenvalue weighted by atomic mass is 17.2. The number of methoxy groups -OCH3 is 1. The Hall–Kier alpha value is -0.650. The smallest absolute Gasteiger partial charge is 0.311 e. The first-order valence-corrected chi connectivity index (χ1v) is 10.4. The van der Waals surface area contributed by atoms with Crippen LogP contribution in [0.25, 0.3) is 0 Å². The van der Waals surface area contributed by atoms with Gasteiger partial charge in [0.15, 0.2) is 0 Å². The normalized spacial score (nSPS) is 57.2. The molecule has 3 aliphatic heterocycles.